The van der Waals surface area contributed by atoms with Crippen molar-refractivity contribution in [2.45, 2.75) is 37.9 Å². The highest BCUT2D eigenvalue weighted by Gasteiger charge is 2.33. The number of hydrogen-bond donors (Lipinski definition) is 0. The number of carbonyl (C=O) groups excluding carboxylic acids is 1. The Hall–Kier alpha value is -3.20. The Morgan fingerprint density at radius 2 is 1.66 bits per heavy atom. The molecule has 3 aromatic rings. The molecule has 1 aromatic carbocycles. The summed E-state index contributed by atoms with van der Waals surface area (Å²) in [6.07, 6.45) is 3.26. The first-order chi connectivity index (χ1) is 16.8. The van der Waals surface area contributed by atoms with Gasteiger partial charge in [-0.3, -0.25) is 9.78 Å². The minimum atomic E-state index is -4.41. The number of alkyl halides is 3. The van der Waals surface area contributed by atoms with E-state index in [1.54, 1.807) is 30.1 Å². The molecule has 2 aliphatic heterocycles. The van der Waals surface area contributed by atoms with Crippen molar-refractivity contribution in [1.82, 2.24) is 24.3 Å². The van der Waals surface area contributed by atoms with Crippen molar-refractivity contribution in [2.75, 3.05) is 26.2 Å². The third-order valence-corrected chi connectivity index (χ3v) is 7.11. The van der Waals surface area contributed by atoms with Crippen molar-refractivity contribution in [3.63, 3.8) is 0 Å². The molecule has 0 bridgehead atoms. The van der Waals surface area contributed by atoms with E-state index in [1.807, 2.05) is 11.0 Å². The van der Waals surface area contributed by atoms with Gasteiger partial charge in [-0.25, -0.2) is 4.98 Å². The number of likely N-dealkylation sites (tertiary alicyclic amines) is 2. The fourth-order valence-corrected chi connectivity index (χ4v) is 5.20. The smallest absolute Gasteiger partial charge is 0.337 e. The van der Waals surface area contributed by atoms with E-state index in [0.717, 1.165) is 38.1 Å². The maximum atomic E-state index is 13.8. The predicted molar refractivity (Wildman–Crippen MR) is 127 cm³/mol. The Balaban J connectivity index is 1.46. The van der Waals surface area contributed by atoms with E-state index in [-0.39, 0.29) is 5.91 Å². The molecule has 0 atom stereocenters. The van der Waals surface area contributed by atoms with Gasteiger partial charge in [0.05, 0.1) is 5.56 Å². The van der Waals surface area contributed by atoms with Gasteiger partial charge in [-0.05, 0) is 63.0 Å². The molecule has 184 valence electrons. The van der Waals surface area contributed by atoms with Gasteiger partial charge in [0.2, 0.25) is 0 Å². The molecule has 2 saturated heterocycles. The molecule has 0 spiro atoms. The van der Waals surface area contributed by atoms with Crippen LogP contribution in [-0.4, -0.2) is 62.5 Å². The van der Waals surface area contributed by atoms with Crippen molar-refractivity contribution in [1.29, 1.82) is 0 Å². The Kier molecular flexibility index (Phi) is 6.35. The summed E-state index contributed by atoms with van der Waals surface area (Å²) in [5.41, 5.74) is 1.39. The third kappa shape index (κ3) is 4.69. The van der Waals surface area contributed by atoms with Gasteiger partial charge in [0, 0.05) is 49.7 Å². The second kappa shape index (κ2) is 9.45. The van der Waals surface area contributed by atoms with Crippen molar-refractivity contribution in [3.05, 3.63) is 60.0 Å². The summed E-state index contributed by atoms with van der Waals surface area (Å²) in [5.74, 6) is 0.324. The quantitative estimate of drug-likeness (QED) is 0.532. The SMILES string of the molecule is Cn1c(-c2ccc(C(F)(F)F)cc2)nc(-c2cccnc2)c1C(=O)N1CCC(N2CCCC2)CC1. The van der Waals surface area contributed by atoms with Crippen molar-refractivity contribution >= 4 is 5.91 Å². The van der Waals surface area contributed by atoms with E-state index in [0.29, 0.717) is 47.5 Å². The zero-order chi connectivity index (χ0) is 24.6. The average Bonchev–Trinajstić information content (AvgIpc) is 3.52. The van der Waals surface area contributed by atoms with Gasteiger partial charge >= 0.3 is 6.18 Å². The Labute approximate surface area is 202 Å². The molecule has 1 amide bonds. The van der Waals surface area contributed by atoms with Crippen LogP contribution in [0, 0.1) is 0 Å². The highest BCUT2D eigenvalue weighted by Crippen LogP contribution is 2.33. The van der Waals surface area contributed by atoms with Crippen LogP contribution in [0.15, 0.2) is 48.8 Å². The van der Waals surface area contributed by atoms with Gasteiger partial charge in [-0.2, -0.15) is 13.2 Å². The fourth-order valence-electron chi connectivity index (χ4n) is 5.20. The number of aromatic nitrogens is 3. The Morgan fingerprint density at radius 1 is 0.971 bits per heavy atom. The van der Waals surface area contributed by atoms with Crippen LogP contribution in [0.25, 0.3) is 22.6 Å². The minimum Gasteiger partial charge on any atom is -0.337 e. The average molecular weight is 484 g/mol. The van der Waals surface area contributed by atoms with Crippen LogP contribution in [-0.2, 0) is 13.2 Å². The molecule has 2 aromatic heterocycles. The monoisotopic (exact) mass is 483 g/mol. The Morgan fingerprint density at radius 3 is 2.26 bits per heavy atom. The maximum absolute atomic E-state index is 13.8. The van der Waals surface area contributed by atoms with Crippen LogP contribution < -0.4 is 0 Å². The summed E-state index contributed by atoms with van der Waals surface area (Å²) in [4.78, 5) is 27.1. The molecular weight excluding hydrogens is 455 g/mol. The van der Waals surface area contributed by atoms with Gasteiger partial charge in [-0.1, -0.05) is 12.1 Å². The second-order valence-corrected chi connectivity index (χ2v) is 9.27. The lowest BCUT2D eigenvalue weighted by Gasteiger charge is -2.36. The van der Waals surface area contributed by atoms with Gasteiger partial charge in [0.15, 0.2) is 0 Å². The first kappa shape index (κ1) is 23.5. The summed E-state index contributed by atoms with van der Waals surface area (Å²) in [7, 11) is 1.74. The molecule has 0 unspecified atom stereocenters. The van der Waals surface area contributed by atoms with Gasteiger partial charge in [-0.15, -0.1) is 0 Å². The van der Waals surface area contributed by atoms with Crippen LogP contribution >= 0.6 is 0 Å². The Bertz CT molecular complexity index is 1180. The van der Waals surface area contributed by atoms with E-state index in [2.05, 4.69) is 9.88 Å². The number of piperidine rings is 1. The summed E-state index contributed by atoms with van der Waals surface area (Å²) in [6, 6.07) is 9.01. The molecule has 2 aliphatic rings. The minimum absolute atomic E-state index is 0.114. The number of carbonyl (C=O) groups is 1. The molecule has 9 heteroatoms. The molecule has 0 N–H and O–H groups in total. The lowest BCUT2D eigenvalue weighted by molar-refractivity contribution is -0.137. The first-order valence-corrected chi connectivity index (χ1v) is 12.0. The molecule has 0 aliphatic carbocycles. The molecule has 5 rings (SSSR count). The maximum Gasteiger partial charge on any atom is 0.416 e. The van der Waals surface area contributed by atoms with Crippen LogP contribution in [0.5, 0.6) is 0 Å². The lowest BCUT2D eigenvalue weighted by Crippen LogP contribution is -2.46. The van der Waals surface area contributed by atoms with E-state index < -0.39 is 11.7 Å². The third-order valence-electron chi connectivity index (χ3n) is 7.11. The second-order valence-electron chi connectivity index (χ2n) is 9.27. The first-order valence-electron chi connectivity index (χ1n) is 12.0. The van der Waals surface area contributed by atoms with Gasteiger partial charge < -0.3 is 14.4 Å². The number of imidazole rings is 1. The normalized spacial score (nSPS) is 17.8. The lowest BCUT2D eigenvalue weighted by atomic mass is 10.0. The zero-order valence-electron chi connectivity index (χ0n) is 19.6. The van der Waals surface area contributed by atoms with E-state index >= 15 is 0 Å². The van der Waals surface area contributed by atoms with Gasteiger partial charge in [0.1, 0.15) is 17.2 Å². The van der Waals surface area contributed by atoms with Gasteiger partial charge in [0.25, 0.3) is 5.91 Å². The van der Waals surface area contributed by atoms with Crippen LogP contribution in [0.2, 0.25) is 0 Å². The zero-order valence-corrected chi connectivity index (χ0v) is 19.6. The summed E-state index contributed by atoms with van der Waals surface area (Å²) < 4.78 is 40.8. The van der Waals surface area contributed by atoms with Crippen molar-refractivity contribution < 1.29 is 18.0 Å². The van der Waals surface area contributed by atoms with E-state index in [1.165, 1.54) is 25.0 Å². The molecule has 6 nitrogen and oxygen atoms in total. The highest BCUT2D eigenvalue weighted by atomic mass is 19.4. The summed E-state index contributed by atoms with van der Waals surface area (Å²) in [5, 5.41) is 0. The molecule has 0 radical (unpaired) electrons. The number of nitrogens with zero attached hydrogens (tertiary/aromatic N) is 5. The van der Waals surface area contributed by atoms with Crippen LogP contribution in [0.1, 0.15) is 41.7 Å². The molecule has 4 heterocycles. The number of hydrogen-bond acceptors (Lipinski definition) is 4. The number of amides is 1. The van der Waals surface area contributed by atoms with Crippen molar-refractivity contribution in [2.24, 2.45) is 7.05 Å². The number of benzene rings is 1. The van der Waals surface area contributed by atoms with Crippen LogP contribution in [0.3, 0.4) is 0 Å². The van der Waals surface area contributed by atoms with Crippen molar-refractivity contribution in [3.8, 4) is 22.6 Å². The van der Waals surface area contributed by atoms with Crippen LogP contribution in [0.4, 0.5) is 13.2 Å². The molecular formula is C26H28F3N5O. The molecule has 0 saturated carbocycles. The number of halogens is 3. The van der Waals surface area contributed by atoms with E-state index in [4.69, 9.17) is 4.98 Å². The highest BCUT2D eigenvalue weighted by molar-refractivity contribution is 5.99. The standard InChI is InChI=1S/C26H28F3N5O/c1-32-23(25(35)34-15-10-21(11-16-34)33-13-2-3-14-33)22(19-5-4-12-30-17-19)31-24(32)18-6-8-20(9-7-18)26(27,28)29/h4-9,12,17,21H,2-3,10-11,13-16H2,1H3. The summed E-state index contributed by atoms with van der Waals surface area (Å²) in [6.45, 7) is 3.63. The summed E-state index contributed by atoms with van der Waals surface area (Å²) >= 11 is 0. The number of rotatable bonds is 4. The topological polar surface area (TPSA) is 54.3 Å². The predicted octanol–water partition coefficient (Wildman–Crippen LogP) is 4.87. The number of pyridine rings is 1. The molecule has 2 fully saturated rings. The fraction of sp³-hybridized carbons (Fsp3) is 0.423. The molecule has 35 heavy (non-hydrogen) atoms. The largest absolute Gasteiger partial charge is 0.416 e. The van der Waals surface area contributed by atoms with E-state index in [9.17, 15) is 18.0 Å².